The molecule has 0 aliphatic heterocycles. The Morgan fingerprint density at radius 2 is 2.20 bits per heavy atom. The van der Waals surface area contributed by atoms with Crippen LogP contribution in [0, 0.1) is 27.4 Å². The molecule has 0 aliphatic carbocycles. The van der Waals surface area contributed by atoms with Gasteiger partial charge in [-0.25, -0.2) is 0 Å². The summed E-state index contributed by atoms with van der Waals surface area (Å²) < 4.78 is 0. The van der Waals surface area contributed by atoms with Crippen molar-refractivity contribution in [3.8, 4) is 6.07 Å². The lowest BCUT2D eigenvalue weighted by molar-refractivity contribution is -0.384. The fourth-order valence-corrected chi connectivity index (χ4v) is 2.21. The summed E-state index contributed by atoms with van der Waals surface area (Å²) in [6.07, 6.45) is 0.456. The summed E-state index contributed by atoms with van der Waals surface area (Å²) >= 11 is 6.09. The lowest BCUT2D eigenvalue weighted by Crippen LogP contribution is -2.28. The van der Waals surface area contributed by atoms with Crippen molar-refractivity contribution in [1.29, 1.82) is 5.26 Å². The molecule has 0 amide bonds. The van der Waals surface area contributed by atoms with Gasteiger partial charge in [-0.1, -0.05) is 25.4 Å². The third kappa shape index (κ3) is 5.16. The lowest BCUT2D eigenvalue weighted by Gasteiger charge is -2.23. The number of hydrogen-bond donors (Lipinski definition) is 0. The standard InChI is InChI=1S/C14H18ClN3O2/c1-11(2)9-17(7-3-6-16)10-12-4-5-13(18(19)20)8-14(12)15/h4-5,8,11H,3,7,9-10H2,1-2H3. The van der Waals surface area contributed by atoms with E-state index in [-0.39, 0.29) is 5.69 Å². The largest absolute Gasteiger partial charge is 0.298 e. The Hall–Kier alpha value is -1.64. The lowest BCUT2D eigenvalue weighted by atomic mass is 10.1. The molecule has 0 spiro atoms. The Balaban J connectivity index is 2.82. The first-order valence-electron chi connectivity index (χ1n) is 6.46. The van der Waals surface area contributed by atoms with Crippen LogP contribution >= 0.6 is 11.6 Å². The Bertz CT molecular complexity index is 512. The minimum absolute atomic E-state index is 0.00816. The maximum Gasteiger partial charge on any atom is 0.270 e. The van der Waals surface area contributed by atoms with Gasteiger partial charge in [0.05, 0.1) is 16.0 Å². The van der Waals surface area contributed by atoms with E-state index >= 15 is 0 Å². The van der Waals surface area contributed by atoms with Gasteiger partial charge in [0.1, 0.15) is 0 Å². The van der Waals surface area contributed by atoms with Crippen LogP contribution in [0.3, 0.4) is 0 Å². The Kier molecular flexibility index (Phi) is 6.43. The maximum atomic E-state index is 10.7. The highest BCUT2D eigenvalue weighted by Crippen LogP contribution is 2.24. The monoisotopic (exact) mass is 295 g/mol. The zero-order chi connectivity index (χ0) is 15.1. The second-order valence-electron chi connectivity index (χ2n) is 5.07. The van der Waals surface area contributed by atoms with Crippen molar-refractivity contribution in [2.45, 2.75) is 26.8 Å². The number of benzene rings is 1. The van der Waals surface area contributed by atoms with Crippen molar-refractivity contribution < 1.29 is 4.92 Å². The highest BCUT2D eigenvalue weighted by molar-refractivity contribution is 6.31. The molecule has 1 rings (SSSR count). The van der Waals surface area contributed by atoms with Crippen LogP contribution in [0.15, 0.2) is 18.2 Å². The highest BCUT2D eigenvalue weighted by atomic mass is 35.5. The fourth-order valence-electron chi connectivity index (χ4n) is 1.98. The first kappa shape index (κ1) is 16.4. The summed E-state index contributed by atoms with van der Waals surface area (Å²) in [5, 5.41) is 19.8. The van der Waals surface area contributed by atoms with E-state index in [4.69, 9.17) is 16.9 Å². The molecule has 0 saturated heterocycles. The van der Waals surface area contributed by atoms with Crippen LogP contribution in [0.25, 0.3) is 0 Å². The molecule has 0 radical (unpaired) electrons. The smallest absolute Gasteiger partial charge is 0.270 e. The molecule has 0 saturated carbocycles. The molecule has 108 valence electrons. The zero-order valence-corrected chi connectivity index (χ0v) is 12.4. The van der Waals surface area contributed by atoms with Crippen LogP contribution < -0.4 is 0 Å². The van der Waals surface area contributed by atoms with Gasteiger partial charge in [-0.2, -0.15) is 5.26 Å². The van der Waals surface area contributed by atoms with Gasteiger partial charge in [0, 0.05) is 38.2 Å². The van der Waals surface area contributed by atoms with E-state index in [1.54, 1.807) is 6.07 Å². The van der Waals surface area contributed by atoms with E-state index in [0.29, 0.717) is 30.5 Å². The molecular weight excluding hydrogens is 278 g/mol. The average Bonchev–Trinajstić information content (AvgIpc) is 2.37. The van der Waals surface area contributed by atoms with Crippen LogP contribution in [0.2, 0.25) is 5.02 Å². The van der Waals surface area contributed by atoms with Gasteiger partial charge >= 0.3 is 0 Å². The third-order valence-electron chi connectivity index (χ3n) is 2.80. The van der Waals surface area contributed by atoms with Gasteiger partial charge in [-0.3, -0.25) is 15.0 Å². The molecule has 1 aromatic carbocycles. The SMILES string of the molecule is CC(C)CN(CCC#N)Cc1ccc([N+](=O)[O-])cc1Cl. The molecule has 0 atom stereocenters. The van der Waals surface area contributed by atoms with E-state index < -0.39 is 4.92 Å². The van der Waals surface area contributed by atoms with Gasteiger partial charge in [0.2, 0.25) is 0 Å². The molecule has 0 aliphatic rings. The number of hydrogen-bond acceptors (Lipinski definition) is 4. The normalized spacial score (nSPS) is 10.8. The first-order valence-corrected chi connectivity index (χ1v) is 6.84. The van der Waals surface area contributed by atoms with Crippen LogP contribution in [-0.4, -0.2) is 22.9 Å². The van der Waals surface area contributed by atoms with Crippen molar-refractivity contribution in [1.82, 2.24) is 4.90 Å². The molecule has 20 heavy (non-hydrogen) atoms. The molecule has 0 unspecified atom stereocenters. The van der Waals surface area contributed by atoms with E-state index in [1.165, 1.54) is 12.1 Å². The Morgan fingerprint density at radius 3 is 2.70 bits per heavy atom. The van der Waals surface area contributed by atoms with Gasteiger partial charge < -0.3 is 0 Å². The van der Waals surface area contributed by atoms with Gasteiger partial charge in [0.25, 0.3) is 5.69 Å². The van der Waals surface area contributed by atoms with E-state index in [0.717, 1.165) is 12.1 Å². The molecule has 0 N–H and O–H groups in total. The van der Waals surface area contributed by atoms with Crippen molar-refractivity contribution in [2.75, 3.05) is 13.1 Å². The van der Waals surface area contributed by atoms with Crippen molar-refractivity contribution in [2.24, 2.45) is 5.92 Å². The number of nitro benzene ring substituents is 1. The predicted octanol–water partition coefficient (Wildman–Crippen LogP) is 3.62. The van der Waals surface area contributed by atoms with E-state index in [2.05, 4.69) is 24.8 Å². The third-order valence-corrected chi connectivity index (χ3v) is 3.16. The molecule has 1 aromatic rings. The molecule has 5 nitrogen and oxygen atoms in total. The summed E-state index contributed by atoms with van der Waals surface area (Å²) in [5.74, 6) is 0.477. The van der Waals surface area contributed by atoms with E-state index in [1.807, 2.05) is 0 Å². The number of non-ortho nitro benzene ring substituents is 1. The van der Waals surface area contributed by atoms with Crippen LogP contribution in [-0.2, 0) is 6.54 Å². The molecule has 0 heterocycles. The predicted molar refractivity (Wildman–Crippen MR) is 78.5 cm³/mol. The molecule has 0 bridgehead atoms. The summed E-state index contributed by atoms with van der Waals surface area (Å²) in [4.78, 5) is 12.4. The summed E-state index contributed by atoms with van der Waals surface area (Å²) in [6.45, 7) is 6.33. The number of nitriles is 1. The summed E-state index contributed by atoms with van der Waals surface area (Å²) in [6, 6.07) is 6.64. The van der Waals surface area contributed by atoms with E-state index in [9.17, 15) is 10.1 Å². The summed E-state index contributed by atoms with van der Waals surface area (Å²) in [5.41, 5.74) is 0.835. The second kappa shape index (κ2) is 7.83. The molecular formula is C14H18ClN3O2. The van der Waals surface area contributed by atoms with Crippen molar-refractivity contribution in [3.63, 3.8) is 0 Å². The quantitative estimate of drug-likeness (QED) is 0.569. The van der Waals surface area contributed by atoms with Gasteiger partial charge in [-0.05, 0) is 17.5 Å². The van der Waals surface area contributed by atoms with Crippen LogP contribution in [0.1, 0.15) is 25.8 Å². The average molecular weight is 296 g/mol. The molecule has 0 aromatic heterocycles. The highest BCUT2D eigenvalue weighted by Gasteiger charge is 2.13. The number of halogens is 1. The van der Waals surface area contributed by atoms with Gasteiger partial charge in [-0.15, -0.1) is 0 Å². The van der Waals surface area contributed by atoms with Crippen LogP contribution in [0.5, 0.6) is 0 Å². The van der Waals surface area contributed by atoms with Gasteiger partial charge in [0.15, 0.2) is 0 Å². The summed E-state index contributed by atoms with van der Waals surface area (Å²) in [7, 11) is 0. The van der Waals surface area contributed by atoms with Crippen molar-refractivity contribution >= 4 is 17.3 Å². The zero-order valence-electron chi connectivity index (χ0n) is 11.7. The minimum atomic E-state index is -0.461. The molecule has 6 heteroatoms. The number of nitro groups is 1. The minimum Gasteiger partial charge on any atom is -0.298 e. The van der Waals surface area contributed by atoms with Crippen molar-refractivity contribution in [3.05, 3.63) is 38.9 Å². The maximum absolute atomic E-state index is 10.7. The fraction of sp³-hybridized carbons (Fsp3) is 0.500. The Labute approximate surface area is 123 Å². The second-order valence-corrected chi connectivity index (χ2v) is 5.48. The number of nitrogens with zero attached hydrogens (tertiary/aromatic N) is 3. The molecule has 0 fully saturated rings. The topological polar surface area (TPSA) is 70.2 Å². The number of rotatable bonds is 7. The Morgan fingerprint density at radius 1 is 1.50 bits per heavy atom. The first-order chi connectivity index (χ1) is 9.43. The van der Waals surface area contributed by atoms with Crippen LogP contribution in [0.4, 0.5) is 5.69 Å².